The third kappa shape index (κ3) is 5.17. The van der Waals surface area contributed by atoms with Crippen LogP contribution in [0.15, 0.2) is 78.9 Å². The van der Waals surface area contributed by atoms with Crippen molar-refractivity contribution in [2.45, 2.75) is 31.9 Å². The Bertz CT molecular complexity index is 1180. The first-order valence-electron chi connectivity index (χ1n) is 11.2. The lowest BCUT2D eigenvalue weighted by Crippen LogP contribution is -2.26. The van der Waals surface area contributed by atoms with Gasteiger partial charge in [-0.2, -0.15) is 0 Å². The van der Waals surface area contributed by atoms with Gasteiger partial charge in [-0.25, -0.2) is 9.59 Å². The van der Waals surface area contributed by atoms with E-state index in [0.717, 1.165) is 40.2 Å². The summed E-state index contributed by atoms with van der Waals surface area (Å²) in [6, 6.07) is 25.3. The molecule has 0 radical (unpaired) electrons. The number of hydrogen-bond acceptors (Lipinski definition) is 4. The fraction of sp³-hybridized carbons (Fsp3) is 0.259. The van der Waals surface area contributed by atoms with Gasteiger partial charge in [0.25, 0.3) is 0 Å². The molecule has 6 heteroatoms. The van der Waals surface area contributed by atoms with E-state index in [0.29, 0.717) is 13.0 Å². The predicted octanol–water partition coefficient (Wildman–Crippen LogP) is 5.61. The molecule has 0 saturated heterocycles. The third-order valence-electron chi connectivity index (χ3n) is 5.79. The minimum Gasteiger partial charge on any atom is -0.467 e. The summed E-state index contributed by atoms with van der Waals surface area (Å²) in [4.78, 5) is 24.7. The number of benzene rings is 3. The molecule has 1 atom stereocenters. The molecule has 0 aliphatic rings. The van der Waals surface area contributed by atoms with Crippen LogP contribution in [0.4, 0.5) is 4.79 Å². The Morgan fingerprint density at radius 2 is 1.45 bits per heavy atom. The summed E-state index contributed by atoms with van der Waals surface area (Å²) >= 11 is 0. The molecular formula is C27H28N2O4. The summed E-state index contributed by atoms with van der Waals surface area (Å²) in [6.07, 6.45) is 1.64. The van der Waals surface area contributed by atoms with E-state index >= 15 is 0 Å². The van der Waals surface area contributed by atoms with Crippen LogP contribution in [0.5, 0.6) is 0 Å². The maximum atomic E-state index is 12.8. The number of alkyl carbamates (subject to hydrolysis) is 1. The van der Waals surface area contributed by atoms with Gasteiger partial charge in [0.15, 0.2) is 0 Å². The van der Waals surface area contributed by atoms with E-state index in [1.165, 1.54) is 7.11 Å². The Hall–Kier alpha value is -3.80. The van der Waals surface area contributed by atoms with Crippen molar-refractivity contribution < 1.29 is 19.1 Å². The first-order valence-corrected chi connectivity index (χ1v) is 11.2. The number of fused-ring (bicyclic) bond motifs is 3. The average molecular weight is 445 g/mol. The quantitative estimate of drug-likeness (QED) is 0.269. The molecule has 0 aliphatic carbocycles. The molecule has 1 N–H and O–H groups in total. The fourth-order valence-corrected chi connectivity index (χ4v) is 4.20. The Morgan fingerprint density at radius 3 is 2.09 bits per heavy atom. The Balaban J connectivity index is 1.37. The second kappa shape index (κ2) is 10.7. The van der Waals surface area contributed by atoms with Crippen LogP contribution in [-0.2, 0) is 20.9 Å². The highest BCUT2D eigenvalue weighted by molar-refractivity contribution is 6.08. The van der Waals surface area contributed by atoms with Gasteiger partial charge in [-0.15, -0.1) is 0 Å². The number of nitrogens with one attached hydrogen (secondary N) is 1. The molecule has 0 fully saturated rings. The molecular weight excluding hydrogens is 416 g/mol. The topological polar surface area (TPSA) is 69.6 Å². The summed E-state index contributed by atoms with van der Waals surface area (Å²) in [5, 5.41) is 5.01. The lowest BCUT2D eigenvalue weighted by Gasteiger charge is -2.19. The lowest BCUT2D eigenvalue weighted by atomic mass is 10.1. The summed E-state index contributed by atoms with van der Waals surface area (Å²) < 4.78 is 12.5. The summed E-state index contributed by atoms with van der Waals surface area (Å²) in [6.45, 7) is 0.722. The second-order valence-electron chi connectivity index (χ2n) is 7.93. The third-order valence-corrected chi connectivity index (χ3v) is 5.79. The highest BCUT2D eigenvalue weighted by atomic mass is 16.5. The van der Waals surface area contributed by atoms with Crippen LogP contribution >= 0.6 is 0 Å². The van der Waals surface area contributed by atoms with Crippen molar-refractivity contribution in [3.05, 3.63) is 84.4 Å². The van der Waals surface area contributed by atoms with Gasteiger partial charge >= 0.3 is 12.1 Å². The zero-order chi connectivity index (χ0) is 23.0. The SMILES string of the molecule is COC(=O)[C@H](CCCCNC(=O)OCc1ccccc1)n1c2ccccc2c2ccccc21. The van der Waals surface area contributed by atoms with Crippen LogP contribution in [0.3, 0.4) is 0 Å². The molecule has 0 spiro atoms. The maximum absolute atomic E-state index is 12.8. The summed E-state index contributed by atoms with van der Waals surface area (Å²) in [5.74, 6) is -0.267. The van der Waals surface area contributed by atoms with Crippen molar-refractivity contribution in [3.8, 4) is 0 Å². The zero-order valence-electron chi connectivity index (χ0n) is 18.7. The minimum absolute atomic E-state index is 0.241. The van der Waals surface area contributed by atoms with Gasteiger partial charge in [-0.3, -0.25) is 0 Å². The number of para-hydroxylation sites is 2. The molecule has 4 aromatic rings. The Morgan fingerprint density at radius 1 is 0.848 bits per heavy atom. The number of methoxy groups -OCH3 is 1. The maximum Gasteiger partial charge on any atom is 0.407 e. The molecule has 0 aliphatic heterocycles. The van der Waals surface area contributed by atoms with Crippen molar-refractivity contribution in [1.29, 1.82) is 0 Å². The number of nitrogens with zero attached hydrogens (tertiary/aromatic N) is 1. The number of unbranched alkanes of at least 4 members (excludes halogenated alkanes) is 1. The highest BCUT2D eigenvalue weighted by Crippen LogP contribution is 2.33. The fourth-order valence-electron chi connectivity index (χ4n) is 4.20. The van der Waals surface area contributed by atoms with Gasteiger partial charge in [0.05, 0.1) is 7.11 Å². The first-order chi connectivity index (χ1) is 16.2. The largest absolute Gasteiger partial charge is 0.467 e. The number of carbonyl (C=O) groups excluding carboxylic acids is 2. The minimum atomic E-state index is -0.440. The summed E-state index contributed by atoms with van der Waals surface area (Å²) in [5.41, 5.74) is 2.97. The van der Waals surface area contributed by atoms with E-state index in [2.05, 4.69) is 22.0 Å². The van der Waals surface area contributed by atoms with Crippen LogP contribution in [0, 0.1) is 0 Å². The highest BCUT2D eigenvalue weighted by Gasteiger charge is 2.25. The van der Waals surface area contributed by atoms with Crippen molar-refractivity contribution in [1.82, 2.24) is 9.88 Å². The number of amides is 1. The molecule has 6 nitrogen and oxygen atoms in total. The number of ether oxygens (including phenoxy) is 2. The predicted molar refractivity (Wildman–Crippen MR) is 129 cm³/mol. The molecule has 3 aromatic carbocycles. The monoisotopic (exact) mass is 444 g/mol. The number of hydrogen-bond donors (Lipinski definition) is 1. The van der Waals surface area contributed by atoms with Crippen LogP contribution in [-0.4, -0.2) is 30.3 Å². The van der Waals surface area contributed by atoms with Crippen LogP contribution in [0.25, 0.3) is 21.8 Å². The molecule has 0 saturated carbocycles. The Labute approximate surface area is 193 Å². The van der Waals surface area contributed by atoms with Crippen molar-refractivity contribution in [2.24, 2.45) is 0 Å². The summed E-state index contributed by atoms with van der Waals surface area (Å²) in [7, 11) is 1.42. The number of rotatable bonds is 9. The van der Waals surface area contributed by atoms with Gasteiger partial charge in [0.1, 0.15) is 12.6 Å². The van der Waals surface area contributed by atoms with Crippen LogP contribution in [0.1, 0.15) is 30.9 Å². The van der Waals surface area contributed by atoms with Crippen molar-refractivity contribution >= 4 is 33.9 Å². The molecule has 33 heavy (non-hydrogen) atoms. The van der Waals surface area contributed by atoms with E-state index in [1.807, 2.05) is 66.7 Å². The molecule has 0 bridgehead atoms. The van der Waals surface area contributed by atoms with Crippen molar-refractivity contribution in [2.75, 3.05) is 13.7 Å². The van der Waals surface area contributed by atoms with Gasteiger partial charge in [0, 0.05) is 28.4 Å². The normalized spacial score (nSPS) is 11.9. The van der Waals surface area contributed by atoms with Gasteiger partial charge in [-0.1, -0.05) is 66.7 Å². The molecule has 4 rings (SSSR count). The Kier molecular flexibility index (Phi) is 7.25. The lowest BCUT2D eigenvalue weighted by molar-refractivity contribution is -0.144. The zero-order valence-corrected chi connectivity index (χ0v) is 18.7. The molecule has 1 amide bonds. The van der Waals surface area contributed by atoms with E-state index in [1.54, 1.807) is 0 Å². The smallest absolute Gasteiger partial charge is 0.407 e. The average Bonchev–Trinajstić information content (AvgIpc) is 3.19. The van der Waals surface area contributed by atoms with Gasteiger partial charge < -0.3 is 19.4 Å². The molecule has 170 valence electrons. The standard InChI is InChI=1S/C27H28N2O4/c1-32-26(30)25(17-9-10-18-28-27(31)33-19-20-11-3-2-4-12-20)29-23-15-7-5-13-21(23)22-14-6-8-16-24(22)29/h2-8,11-16,25H,9-10,17-19H2,1H3,(H,28,31)/t25-/m0/s1. The second-order valence-corrected chi connectivity index (χ2v) is 7.93. The first kappa shape index (κ1) is 22.4. The van der Waals surface area contributed by atoms with Crippen LogP contribution < -0.4 is 5.32 Å². The van der Waals surface area contributed by atoms with E-state index in [4.69, 9.17) is 9.47 Å². The van der Waals surface area contributed by atoms with Gasteiger partial charge in [0.2, 0.25) is 0 Å². The van der Waals surface area contributed by atoms with Crippen molar-refractivity contribution in [3.63, 3.8) is 0 Å². The van der Waals surface area contributed by atoms with E-state index < -0.39 is 12.1 Å². The molecule has 1 heterocycles. The molecule has 0 unspecified atom stereocenters. The number of carbonyl (C=O) groups is 2. The van der Waals surface area contributed by atoms with E-state index in [-0.39, 0.29) is 12.6 Å². The number of esters is 1. The van der Waals surface area contributed by atoms with Crippen LogP contribution in [0.2, 0.25) is 0 Å². The molecule has 1 aromatic heterocycles. The number of aromatic nitrogens is 1. The van der Waals surface area contributed by atoms with E-state index in [9.17, 15) is 9.59 Å². The van der Waals surface area contributed by atoms with Gasteiger partial charge in [-0.05, 0) is 37.0 Å².